The number of aromatic nitrogens is 3. The standard InChI is InChI=1S/C22H27ClN8O/c1-22(2,3)30-21(32)28-18-7-4-14-13-25-20(29-19(14)27-18)26-15-5-6-17(16(23)12-15)31-10-8-24-9-11-31/h4-7,12-13,24H,8-11H2,1-3H3,(H3,25,26,27,28,29,30,32). The molecule has 1 fully saturated rings. The van der Waals surface area contributed by atoms with Crippen molar-refractivity contribution in [2.75, 3.05) is 41.7 Å². The van der Waals surface area contributed by atoms with Crippen LogP contribution in [0.3, 0.4) is 0 Å². The Labute approximate surface area is 192 Å². The Kier molecular flexibility index (Phi) is 6.29. The Morgan fingerprint density at radius 1 is 1.12 bits per heavy atom. The number of anilines is 4. The molecule has 2 amide bonds. The monoisotopic (exact) mass is 454 g/mol. The number of pyridine rings is 1. The molecule has 32 heavy (non-hydrogen) atoms. The number of piperazine rings is 1. The summed E-state index contributed by atoms with van der Waals surface area (Å²) in [6.45, 7) is 9.48. The van der Waals surface area contributed by atoms with Gasteiger partial charge in [0.25, 0.3) is 0 Å². The van der Waals surface area contributed by atoms with E-state index in [0.717, 1.165) is 42.9 Å². The Bertz CT molecular complexity index is 1120. The van der Waals surface area contributed by atoms with Crippen LogP contribution in [0.25, 0.3) is 11.0 Å². The number of nitrogens with zero attached hydrogens (tertiary/aromatic N) is 4. The summed E-state index contributed by atoms with van der Waals surface area (Å²) in [4.78, 5) is 27.7. The van der Waals surface area contributed by atoms with Gasteiger partial charge in [-0.15, -0.1) is 0 Å². The summed E-state index contributed by atoms with van der Waals surface area (Å²) in [5, 5.41) is 13.5. The average Bonchev–Trinajstić information content (AvgIpc) is 2.73. The van der Waals surface area contributed by atoms with Crippen LogP contribution in [0.2, 0.25) is 5.02 Å². The third kappa shape index (κ3) is 5.54. The van der Waals surface area contributed by atoms with E-state index in [9.17, 15) is 4.79 Å². The maximum Gasteiger partial charge on any atom is 0.320 e. The molecule has 3 aromatic rings. The lowest BCUT2D eigenvalue weighted by Crippen LogP contribution is -2.43. The van der Waals surface area contributed by atoms with Gasteiger partial charge >= 0.3 is 6.03 Å². The molecule has 3 heterocycles. The third-order valence-electron chi connectivity index (χ3n) is 4.83. The molecule has 0 bridgehead atoms. The number of benzene rings is 1. The maximum absolute atomic E-state index is 12.1. The van der Waals surface area contributed by atoms with Crippen LogP contribution in [0.1, 0.15) is 20.8 Å². The van der Waals surface area contributed by atoms with Gasteiger partial charge in [-0.05, 0) is 51.1 Å². The number of fused-ring (bicyclic) bond motifs is 1. The number of carbonyl (C=O) groups excluding carboxylic acids is 1. The zero-order valence-electron chi connectivity index (χ0n) is 18.4. The number of rotatable bonds is 4. The predicted octanol–water partition coefficient (Wildman–Crippen LogP) is 3.75. The number of urea groups is 1. The highest BCUT2D eigenvalue weighted by Gasteiger charge is 2.15. The van der Waals surface area contributed by atoms with E-state index in [1.807, 2.05) is 45.0 Å². The number of nitrogens with one attached hydrogen (secondary N) is 4. The van der Waals surface area contributed by atoms with Crippen molar-refractivity contribution in [3.8, 4) is 0 Å². The fraction of sp³-hybridized carbons (Fsp3) is 0.364. The second-order valence-electron chi connectivity index (χ2n) is 8.66. The van der Waals surface area contributed by atoms with E-state index in [0.29, 0.717) is 22.4 Å². The Hall–Kier alpha value is -3.17. The molecule has 0 unspecified atom stereocenters. The van der Waals surface area contributed by atoms with Gasteiger partial charge < -0.3 is 20.9 Å². The minimum Gasteiger partial charge on any atom is -0.368 e. The van der Waals surface area contributed by atoms with Crippen LogP contribution in [0.15, 0.2) is 36.5 Å². The molecule has 0 atom stereocenters. The first-order chi connectivity index (χ1) is 15.3. The third-order valence-corrected chi connectivity index (χ3v) is 5.14. The van der Waals surface area contributed by atoms with Crippen molar-refractivity contribution < 1.29 is 4.79 Å². The largest absolute Gasteiger partial charge is 0.368 e. The number of carbonyl (C=O) groups is 1. The molecule has 4 rings (SSSR count). The molecule has 0 radical (unpaired) electrons. The number of hydrogen-bond acceptors (Lipinski definition) is 7. The van der Waals surface area contributed by atoms with Gasteiger partial charge in [0.15, 0.2) is 5.65 Å². The van der Waals surface area contributed by atoms with Gasteiger partial charge in [0, 0.05) is 49.0 Å². The summed E-state index contributed by atoms with van der Waals surface area (Å²) in [6, 6.07) is 9.04. The van der Waals surface area contributed by atoms with Crippen molar-refractivity contribution in [3.63, 3.8) is 0 Å². The molecular weight excluding hydrogens is 428 g/mol. The molecule has 1 saturated heterocycles. The fourth-order valence-electron chi connectivity index (χ4n) is 3.40. The molecule has 0 aliphatic carbocycles. The zero-order chi connectivity index (χ0) is 22.7. The molecular formula is C22H27ClN8O. The summed E-state index contributed by atoms with van der Waals surface area (Å²) in [6.07, 6.45) is 1.69. The van der Waals surface area contributed by atoms with Crippen molar-refractivity contribution >= 4 is 51.8 Å². The second-order valence-corrected chi connectivity index (χ2v) is 9.07. The fourth-order valence-corrected chi connectivity index (χ4v) is 3.70. The highest BCUT2D eigenvalue weighted by Crippen LogP contribution is 2.30. The van der Waals surface area contributed by atoms with Crippen LogP contribution in [0.5, 0.6) is 0 Å². The highest BCUT2D eigenvalue weighted by molar-refractivity contribution is 6.33. The van der Waals surface area contributed by atoms with Crippen LogP contribution in [0, 0.1) is 0 Å². The lowest BCUT2D eigenvalue weighted by atomic mass is 10.1. The van der Waals surface area contributed by atoms with Crippen LogP contribution >= 0.6 is 11.6 Å². The second kappa shape index (κ2) is 9.13. The molecule has 4 N–H and O–H groups in total. The molecule has 0 saturated carbocycles. The molecule has 1 aliphatic heterocycles. The Morgan fingerprint density at radius 2 is 1.91 bits per heavy atom. The summed E-state index contributed by atoms with van der Waals surface area (Å²) in [5.74, 6) is 0.805. The maximum atomic E-state index is 12.1. The average molecular weight is 455 g/mol. The predicted molar refractivity (Wildman–Crippen MR) is 129 cm³/mol. The summed E-state index contributed by atoms with van der Waals surface area (Å²) in [7, 11) is 0. The van der Waals surface area contributed by atoms with Gasteiger partial charge in [-0.1, -0.05) is 11.6 Å². The number of amides is 2. The van der Waals surface area contributed by atoms with Crippen LogP contribution in [-0.4, -0.2) is 52.7 Å². The Morgan fingerprint density at radius 3 is 2.62 bits per heavy atom. The summed E-state index contributed by atoms with van der Waals surface area (Å²) in [5.41, 5.74) is 1.93. The van der Waals surface area contributed by atoms with Gasteiger partial charge in [0.05, 0.1) is 10.7 Å². The first kappa shape index (κ1) is 22.0. The smallest absolute Gasteiger partial charge is 0.320 e. The van der Waals surface area contributed by atoms with E-state index < -0.39 is 0 Å². The molecule has 2 aromatic heterocycles. The van der Waals surface area contributed by atoms with Gasteiger partial charge in [0.2, 0.25) is 5.95 Å². The van der Waals surface area contributed by atoms with E-state index in [2.05, 4.69) is 41.1 Å². The van der Waals surface area contributed by atoms with Gasteiger partial charge in [-0.25, -0.2) is 14.8 Å². The van der Waals surface area contributed by atoms with Crippen LogP contribution < -0.4 is 26.2 Å². The van der Waals surface area contributed by atoms with Crippen molar-refractivity contribution in [2.24, 2.45) is 0 Å². The van der Waals surface area contributed by atoms with E-state index in [1.54, 1.807) is 12.3 Å². The number of halogens is 1. The van der Waals surface area contributed by atoms with E-state index >= 15 is 0 Å². The SMILES string of the molecule is CC(C)(C)NC(=O)Nc1ccc2cnc(Nc3ccc(N4CCNCC4)c(Cl)c3)nc2n1. The molecule has 1 aromatic carbocycles. The van der Waals surface area contributed by atoms with E-state index in [-0.39, 0.29) is 11.6 Å². The first-order valence-electron chi connectivity index (χ1n) is 10.5. The van der Waals surface area contributed by atoms with Crippen LogP contribution in [0.4, 0.5) is 27.9 Å². The van der Waals surface area contributed by atoms with Gasteiger partial charge in [0.1, 0.15) is 5.82 Å². The summed E-state index contributed by atoms with van der Waals surface area (Å²) < 4.78 is 0. The normalized spacial score (nSPS) is 14.3. The minimum absolute atomic E-state index is 0.323. The highest BCUT2D eigenvalue weighted by atomic mass is 35.5. The zero-order valence-corrected chi connectivity index (χ0v) is 19.1. The summed E-state index contributed by atoms with van der Waals surface area (Å²) >= 11 is 6.54. The van der Waals surface area contributed by atoms with Crippen molar-refractivity contribution in [1.82, 2.24) is 25.6 Å². The van der Waals surface area contributed by atoms with Crippen LogP contribution in [-0.2, 0) is 0 Å². The number of hydrogen-bond donors (Lipinski definition) is 4. The van der Waals surface area contributed by atoms with Crippen molar-refractivity contribution in [2.45, 2.75) is 26.3 Å². The lowest BCUT2D eigenvalue weighted by Gasteiger charge is -2.30. The topological polar surface area (TPSA) is 107 Å². The van der Waals surface area contributed by atoms with E-state index in [1.165, 1.54) is 0 Å². The molecule has 1 aliphatic rings. The van der Waals surface area contributed by atoms with Crippen molar-refractivity contribution in [3.05, 3.63) is 41.6 Å². The van der Waals surface area contributed by atoms with Crippen molar-refractivity contribution in [1.29, 1.82) is 0 Å². The molecule has 10 heteroatoms. The van der Waals surface area contributed by atoms with Gasteiger partial charge in [-0.2, -0.15) is 4.98 Å². The van der Waals surface area contributed by atoms with E-state index in [4.69, 9.17) is 11.6 Å². The molecule has 168 valence electrons. The Balaban J connectivity index is 1.49. The minimum atomic E-state index is -0.345. The van der Waals surface area contributed by atoms with Gasteiger partial charge in [-0.3, -0.25) is 5.32 Å². The molecule has 9 nitrogen and oxygen atoms in total. The molecule has 0 spiro atoms. The lowest BCUT2D eigenvalue weighted by molar-refractivity contribution is 0.243. The first-order valence-corrected chi connectivity index (χ1v) is 10.9. The quantitative estimate of drug-likeness (QED) is 0.475.